The molecule has 0 spiro atoms. The molecule has 2 aromatic carbocycles. The minimum Gasteiger partial charge on any atom is -0.494 e. The molecule has 0 fully saturated rings. The molecule has 0 aliphatic heterocycles. The summed E-state index contributed by atoms with van der Waals surface area (Å²) in [4.78, 5) is 24.0. The Kier molecular flexibility index (Phi) is 7.32. The second-order valence-corrected chi connectivity index (χ2v) is 6.58. The molecule has 0 aliphatic carbocycles. The Balaban J connectivity index is 1.93. The van der Waals surface area contributed by atoms with Gasteiger partial charge in [-0.15, -0.1) is 0 Å². The van der Waals surface area contributed by atoms with Gasteiger partial charge in [0.2, 0.25) is 0 Å². The van der Waals surface area contributed by atoms with E-state index in [2.05, 4.69) is 5.32 Å². The van der Waals surface area contributed by atoms with E-state index in [9.17, 15) is 14.0 Å². The van der Waals surface area contributed by atoms with Gasteiger partial charge in [0, 0.05) is 11.8 Å². The van der Waals surface area contributed by atoms with Crippen molar-refractivity contribution in [1.29, 1.82) is 0 Å². The van der Waals surface area contributed by atoms with Crippen LogP contribution in [0.15, 0.2) is 42.5 Å². The fourth-order valence-electron chi connectivity index (χ4n) is 2.65. The number of hydrogen-bond donors (Lipinski definition) is 1. The molecule has 0 heterocycles. The van der Waals surface area contributed by atoms with Crippen LogP contribution in [0.3, 0.4) is 0 Å². The van der Waals surface area contributed by atoms with Crippen LogP contribution in [0.5, 0.6) is 5.75 Å². The normalized spacial score (nSPS) is 10.9. The number of para-hydroxylation sites is 1. The topological polar surface area (TPSA) is 64.6 Å². The van der Waals surface area contributed by atoms with Gasteiger partial charge in [-0.05, 0) is 47.7 Å². The van der Waals surface area contributed by atoms with Crippen LogP contribution in [-0.2, 0) is 14.3 Å². The lowest BCUT2D eigenvalue weighted by atomic mass is 9.98. The van der Waals surface area contributed by atoms with Crippen molar-refractivity contribution in [2.75, 3.05) is 19.0 Å². The number of methoxy groups -OCH3 is 1. The van der Waals surface area contributed by atoms with E-state index in [1.807, 2.05) is 39.0 Å². The van der Waals surface area contributed by atoms with Crippen molar-refractivity contribution in [3.05, 3.63) is 65.0 Å². The van der Waals surface area contributed by atoms with E-state index in [1.54, 1.807) is 6.07 Å². The highest BCUT2D eigenvalue weighted by atomic mass is 19.1. The highest BCUT2D eigenvalue weighted by Crippen LogP contribution is 2.27. The second kappa shape index (κ2) is 9.69. The third-order valence-corrected chi connectivity index (χ3v) is 4.12. The summed E-state index contributed by atoms with van der Waals surface area (Å²) in [6.07, 6.45) is 2.54. The molecule has 0 unspecified atom stereocenters. The molecule has 0 saturated carbocycles. The summed E-state index contributed by atoms with van der Waals surface area (Å²) >= 11 is 0. The molecule has 0 saturated heterocycles. The quantitative estimate of drug-likeness (QED) is 0.564. The van der Waals surface area contributed by atoms with E-state index in [-0.39, 0.29) is 11.7 Å². The zero-order valence-electron chi connectivity index (χ0n) is 16.4. The number of carbonyl (C=O) groups is 2. The average molecular weight is 385 g/mol. The predicted molar refractivity (Wildman–Crippen MR) is 107 cm³/mol. The minimum atomic E-state index is -0.694. The zero-order valence-corrected chi connectivity index (χ0v) is 16.4. The Bertz CT molecular complexity index is 890. The van der Waals surface area contributed by atoms with Gasteiger partial charge >= 0.3 is 5.97 Å². The number of amides is 1. The maximum Gasteiger partial charge on any atom is 0.331 e. The van der Waals surface area contributed by atoms with Crippen LogP contribution in [0.2, 0.25) is 0 Å². The van der Waals surface area contributed by atoms with E-state index in [1.165, 1.54) is 25.3 Å². The highest BCUT2D eigenvalue weighted by Gasteiger charge is 2.13. The number of halogens is 1. The summed E-state index contributed by atoms with van der Waals surface area (Å²) in [6, 6.07) is 10.1. The maximum atomic E-state index is 13.6. The Labute approximate surface area is 164 Å². The third-order valence-electron chi connectivity index (χ3n) is 4.12. The SMILES string of the molecule is COc1ccc(/C=C/C(=O)OCC(=O)Nc2c(C)cccc2C(C)C)cc1F. The van der Waals surface area contributed by atoms with E-state index < -0.39 is 24.3 Å². The molecule has 0 bridgehead atoms. The number of anilines is 1. The predicted octanol–water partition coefficient (Wildman–Crippen LogP) is 4.46. The number of rotatable bonds is 7. The van der Waals surface area contributed by atoms with E-state index >= 15 is 0 Å². The molecule has 28 heavy (non-hydrogen) atoms. The molecule has 0 radical (unpaired) electrons. The molecule has 1 amide bonds. The molecule has 148 valence electrons. The lowest BCUT2D eigenvalue weighted by Crippen LogP contribution is -2.21. The molecular weight excluding hydrogens is 361 g/mol. The molecule has 5 nitrogen and oxygen atoms in total. The second-order valence-electron chi connectivity index (χ2n) is 6.58. The van der Waals surface area contributed by atoms with Crippen molar-refractivity contribution < 1.29 is 23.5 Å². The Morgan fingerprint density at radius 1 is 1.21 bits per heavy atom. The standard InChI is InChI=1S/C22H24FNO4/c1-14(2)17-7-5-6-15(3)22(17)24-20(25)13-28-21(26)11-9-16-8-10-19(27-4)18(23)12-16/h5-12,14H,13H2,1-4H3,(H,24,25)/b11-9+. The molecule has 2 aromatic rings. The highest BCUT2D eigenvalue weighted by molar-refractivity contribution is 5.95. The van der Waals surface area contributed by atoms with Crippen molar-refractivity contribution in [2.24, 2.45) is 0 Å². The molecular formula is C22H24FNO4. The van der Waals surface area contributed by atoms with E-state index in [0.717, 1.165) is 22.9 Å². The average Bonchev–Trinajstić information content (AvgIpc) is 2.66. The van der Waals surface area contributed by atoms with Gasteiger partial charge < -0.3 is 14.8 Å². The number of ether oxygens (including phenoxy) is 2. The first-order chi connectivity index (χ1) is 13.3. The van der Waals surface area contributed by atoms with Gasteiger partial charge in [0.15, 0.2) is 18.2 Å². The minimum absolute atomic E-state index is 0.119. The summed E-state index contributed by atoms with van der Waals surface area (Å²) in [5.41, 5.74) is 3.16. The van der Waals surface area contributed by atoms with E-state index in [4.69, 9.17) is 9.47 Å². The molecule has 0 aliphatic rings. The first-order valence-corrected chi connectivity index (χ1v) is 8.89. The van der Waals surface area contributed by atoms with Gasteiger partial charge in [0.05, 0.1) is 7.11 Å². The smallest absolute Gasteiger partial charge is 0.331 e. The number of aryl methyl sites for hydroxylation is 1. The number of hydrogen-bond acceptors (Lipinski definition) is 4. The van der Waals surface area contributed by atoms with Crippen molar-refractivity contribution in [3.63, 3.8) is 0 Å². The molecule has 2 rings (SSSR count). The van der Waals surface area contributed by atoms with Gasteiger partial charge in [0.25, 0.3) is 5.91 Å². The monoisotopic (exact) mass is 385 g/mol. The summed E-state index contributed by atoms with van der Waals surface area (Å²) in [7, 11) is 1.37. The van der Waals surface area contributed by atoms with Crippen LogP contribution in [0.25, 0.3) is 6.08 Å². The zero-order chi connectivity index (χ0) is 20.7. The molecule has 1 N–H and O–H groups in total. The van der Waals surface area contributed by atoms with Gasteiger partial charge in [-0.2, -0.15) is 0 Å². The van der Waals surface area contributed by atoms with Gasteiger partial charge in [-0.25, -0.2) is 9.18 Å². The van der Waals surface area contributed by atoms with Gasteiger partial charge in [0.1, 0.15) is 0 Å². The van der Waals surface area contributed by atoms with Crippen LogP contribution in [-0.4, -0.2) is 25.6 Å². The van der Waals surface area contributed by atoms with Crippen LogP contribution >= 0.6 is 0 Å². The largest absolute Gasteiger partial charge is 0.494 e. The maximum absolute atomic E-state index is 13.6. The first kappa shape index (κ1) is 21.2. The van der Waals surface area contributed by atoms with Crippen molar-refractivity contribution in [1.82, 2.24) is 0 Å². The molecule has 0 atom stereocenters. The fourth-order valence-corrected chi connectivity index (χ4v) is 2.65. The lowest BCUT2D eigenvalue weighted by Gasteiger charge is -2.16. The summed E-state index contributed by atoms with van der Waals surface area (Å²) in [6.45, 7) is 5.57. The summed E-state index contributed by atoms with van der Waals surface area (Å²) in [5.74, 6) is -1.29. The molecule has 6 heteroatoms. The molecule has 0 aromatic heterocycles. The van der Waals surface area contributed by atoms with E-state index in [0.29, 0.717) is 5.56 Å². The van der Waals surface area contributed by atoms with Crippen molar-refractivity contribution in [2.45, 2.75) is 26.7 Å². The summed E-state index contributed by atoms with van der Waals surface area (Å²) in [5, 5.41) is 2.81. The Morgan fingerprint density at radius 2 is 1.96 bits per heavy atom. The Hall–Kier alpha value is -3.15. The van der Waals surface area contributed by atoms with Gasteiger partial charge in [-0.3, -0.25) is 4.79 Å². The number of carbonyl (C=O) groups excluding carboxylic acids is 2. The van der Waals surface area contributed by atoms with Crippen LogP contribution in [0, 0.1) is 12.7 Å². The fraction of sp³-hybridized carbons (Fsp3) is 0.273. The van der Waals surface area contributed by atoms with Crippen LogP contribution < -0.4 is 10.1 Å². The lowest BCUT2D eigenvalue weighted by molar-refractivity contribution is -0.142. The van der Waals surface area contributed by atoms with Crippen molar-refractivity contribution >= 4 is 23.6 Å². The first-order valence-electron chi connectivity index (χ1n) is 8.89. The summed E-state index contributed by atoms with van der Waals surface area (Å²) < 4.78 is 23.4. The van der Waals surface area contributed by atoms with Crippen LogP contribution in [0.4, 0.5) is 10.1 Å². The van der Waals surface area contributed by atoms with Crippen molar-refractivity contribution in [3.8, 4) is 5.75 Å². The number of esters is 1. The number of benzene rings is 2. The van der Waals surface area contributed by atoms with Crippen LogP contribution in [0.1, 0.15) is 36.5 Å². The number of nitrogens with one attached hydrogen (secondary N) is 1. The van der Waals surface area contributed by atoms with Gasteiger partial charge in [-0.1, -0.05) is 38.1 Å². The Morgan fingerprint density at radius 3 is 2.61 bits per heavy atom. The third kappa shape index (κ3) is 5.67.